The first-order chi connectivity index (χ1) is 9.91. The second kappa shape index (κ2) is 12.0. The molecule has 0 radical (unpaired) electrons. The van der Waals surface area contributed by atoms with E-state index >= 15 is 0 Å². The Hall–Kier alpha value is -0.570. The van der Waals surface area contributed by atoms with E-state index in [2.05, 4.69) is 6.92 Å². The van der Waals surface area contributed by atoms with Gasteiger partial charge in [-0.2, -0.15) is 0 Å². The molecule has 0 spiro atoms. The second-order valence-electron chi connectivity index (χ2n) is 7.01. The molecule has 3 heteroatoms. The molecule has 0 aliphatic heterocycles. The zero-order valence-corrected chi connectivity index (χ0v) is 14.4. The van der Waals surface area contributed by atoms with E-state index in [-0.39, 0.29) is 0 Å². The van der Waals surface area contributed by atoms with E-state index in [0.717, 1.165) is 19.3 Å². The highest BCUT2D eigenvalue weighted by Crippen LogP contribution is 2.28. The number of carbonyl (C=O) groups is 1. The van der Waals surface area contributed by atoms with Gasteiger partial charge < -0.3 is 10.2 Å². The number of aliphatic carboxylic acids is 1. The van der Waals surface area contributed by atoms with Gasteiger partial charge in [-0.1, -0.05) is 91.4 Å². The third-order valence-corrected chi connectivity index (χ3v) is 4.40. The number of carboxylic acids is 1. The van der Waals surface area contributed by atoms with Gasteiger partial charge in [-0.15, -0.1) is 0 Å². The van der Waals surface area contributed by atoms with Gasteiger partial charge in [0.15, 0.2) is 6.10 Å². The minimum Gasteiger partial charge on any atom is -0.479 e. The van der Waals surface area contributed by atoms with Crippen molar-refractivity contribution in [1.82, 2.24) is 0 Å². The quantitative estimate of drug-likeness (QED) is 0.436. The Morgan fingerprint density at radius 2 is 1.24 bits per heavy atom. The first-order valence-corrected chi connectivity index (χ1v) is 8.82. The molecule has 0 fully saturated rings. The van der Waals surface area contributed by atoms with Crippen LogP contribution in [0.5, 0.6) is 0 Å². The van der Waals surface area contributed by atoms with Crippen LogP contribution in [0.25, 0.3) is 0 Å². The summed E-state index contributed by atoms with van der Waals surface area (Å²) < 4.78 is 0. The predicted molar refractivity (Wildman–Crippen MR) is 88.5 cm³/mol. The van der Waals surface area contributed by atoms with E-state index in [9.17, 15) is 9.90 Å². The standard InChI is InChI=1S/C18H36O3/c1-4-5-6-7-8-9-10-11-12-13-14-15-18(2,3)16(19)17(20)21/h16,19H,4-15H2,1-3H3,(H,20,21). The van der Waals surface area contributed by atoms with Gasteiger partial charge >= 0.3 is 5.97 Å². The summed E-state index contributed by atoms with van der Waals surface area (Å²) in [4.78, 5) is 10.8. The molecule has 21 heavy (non-hydrogen) atoms. The Morgan fingerprint density at radius 1 is 0.857 bits per heavy atom. The lowest BCUT2D eigenvalue weighted by molar-refractivity contribution is -0.153. The summed E-state index contributed by atoms with van der Waals surface area (Å²) in [6, 6.07) is 0. The van der Waals surface area contributed by atoms with Crippen molar-refractivity contribution in [3.8, 4) is 0 Å². The van der Waals surface area contributed by atoms with Crippen molar-refractivity contribution in [2.75, 3.05) is 0 Å². The maximum absolute atomic E-state index is 10.8. The fourth-order valence-electron chi connectivity index (χ4n) is 2.72. The minimum absolute atomic E-state index is 0.523. The molecule has 0 saturated carbocycles. The van der Waals surface area contributed by atoms with Crippen LogP contribution < -0.4 is 0 Å². The van der Waals surface area contributed by atoms with Gasteiger partial charge in [0.1, 0.15) is 0 Å². The summed E-state index contributed by atoms with van der Waals surface area (Å²) in [6.07, 6.45) is 13.7. The molecule has 0 heterocycles. The average molecular weight is 300 g/mol. The Kier molecular flexibility index (Phi) is 11.7. The van der Waals surface area contributed by atoms with Crippen LogP contribution in [-0.2, 0) is 4.79 Å². The molecule has 1 unspecified atom stereocenters. The van der Waals surface area contributed by atoms with E-state index in [1.807, 2.05) is 13.8 Å². The van der Waals surface area contributed by atoms with Crippen LogP contribution in [0.3, 0.4) is 0 Å². The second-order valence-corrected chi connectivity index (χ2v) is 7.01. The summed E-state index contributed by atoms with van der Waals surface area (Å²) >= 11 is 0. The first-order valence-electron chi connectivity index (χ1n) is 8.82. The molecular formula is C18H36O3. The summed E-state index contributed by atoms with van der Waals surface area (Å²) in [7, 11) is 0. The number of carboxylic acid groups (broad SMARTS) is 1. The number of unbranched alkanes of at least 4 members (excludes halogenated alkanes) is 10. The average Bonchev–Trinajstić information content (AvgIpc) is 2.43. The van der Waals surface area contributed by atoms with Crippen LogP contribution in [0.1, 0.15) is 97.8 Å². The number of rotatable bonds is 14. The fourth-order valence-corrected chi connectivity index (χ4v) is 2.72. The summed E-state index contributed by atoms with van der Waals surface area (Å²) in [5, 5.41) is 18.5. The van der Waals surface area contributed by atoms with E-state index in [1.54, 1.807) is 0 Å². The molecule has 0 aliphatic carbocycles. The normalized spacial score (nSPS) is 13.3. The van der Waals surface area contributed by atoms with E-state index in [0.29, 0.717) is 0 Å². The first kappa shape index (κ1) is 20.4. The highest BCUT2D eigenvalue weighted by atomic mass is 16.4. The lowest BCUT2D eigenvalue weighted by Gasteiger charge is -2.27. The van der Waals surface area contributed by atoms with Crippen molar-refractivity contribution in [2.24, 2.45) is 5.41 Å². The smallest absolute Gasteiger partial charge is 0.333 e. The zero-order chi connectivity index (χ0) is 16.1. The van der Waals surface area contributed by atoms with Crippen LogP contribution in [0.2, 0.25) is 0 Å². The topological polar surface area (TPSA) is 57.5 Å². The Labute approximate surface area is 131 Å². The molecule has 0 aromatic heterocycles. The van der Waals surface area contributed by atoms with Crippen molar-refractivity contribution >= 4 is 5.97 Å². The molecule has 0 rings (SSSR count). The van der Waals surface area contributed by atoms with E-state index in [4.69, 9.17) is 5.11 Å². The summed E-state index contributed by atoms with van der Waals surface area (Å²) in [5.74, 6) is -1.11. The molecule has 126 valence electrons. The van der Waals surface area contributed by atoms with Gasteiger partial charge in [0.25, 0.3) is 0 Å². The lowest BCUT2D eigenvalue weighted by Crippen LogP contribution is -2.36. The lowest BCUT2D eigenvalue weighted by atomic mass is 9.81. The third-order valence-electron chi connectivity index (χ3n) is 4.40. The Morgan fingerprint density at radius 3 is 1.62 bits per heavy atom. The molecule has 0 amide bonds. The van der Waals surface area contributed by atoms with Gasteiger partial charge in [0, 0.05) is 5.41 Å². The maximum atomic E-state index is 10.8. The number of aliphatic hydroxyl groups excluding tert-OH is 1. The molecule has 2 N–H and O–H groups in total. The van der Waals surface area contributed by atoms with Gasteiger partial charge in [-0.05, 0) is 6.42 Å². The summed E-state index contributed by atoms with van der Waals surface area (Å²) in [6.45, 7) is 5.92. The predicted octanol–water partition coefficient (Wildman–Crippen LogP) is 5.16. The monoisotopic (exact) mass is 300 g/mol. The van der Waals surface area contributed by atoms with Gasteiger partial charge in [0.2, 0.25) is 0 Å². The molecule has 0 saturated heterocycles. The van der Waals surface area contributed by atoms with Crippen molar-refractivity contribution in [1.29, 1.82) is 0 Å². The van der Waals surface area contributed by atoms with Crippen molar-refractivity contribution < 1.29 is 15.0 Å². The fraction of sp³-hybridized carbons (Fsp3) is 0.944. The molecule has 1 atom stereocenters. The van der Waals surface area contributed by atoms with Crippen LogP contribution in [-0.4, -0.2) is 22.3 Å². The number of hydrogen-bond acceptors (Lipinski definition) is 2. The Bertz CT molecular complexity index is 261. The van der Waals surface area contributed by atoms with Crippen LogP contribution in [0.15, 0.2) is 0 Å². The zero-order valence-electron chi connectivity index (χ0n) is 14.4. The summed E-state index contributed by atoms with van der Waals surface area (Å²) in [5.41, 5.74) is -0.523. The minimum atomic E-state index is -1.25. The van der Waals surface area contributed by atoms with Gasteiger partial charge in [0.05, 0.1) is 0 Å². The molecule has 0 bridgehead atoms. The van der Waals surface area contributed by atoms with Crippen LogP contribution in [0.4, 0.5) is 0 Å². The largest absolute Gasteiger partial charge is 0.479 e. The van der Waals surface area contributed by atoms with Gasteiger partial charge in [-0.25, -0.2) is 4.79 Å². The molecule has 0 aromatic carbocycles. The van der Waals surface area contributed by atoms with Crippen LogP contribution >= 0.6 is 0 Å². The molecule has 3 nitrogen and oxygen atoms in total. The molecule has 0 aliphatic rings. The number of hydrogen-bond donors (Lipinski definition) is 2. The maximum Gasteiger partial charge on any atom is 0.333 e. The molecular weight excluding hydrogens is 264 g/mol. The SMILES string of the molecule is CCCCCCCCCCCCCC(C)(C)C(O)C(=O)O. The van der Waals surface area contributed by atoms with Crippen LogP contribution in [0, 0.1) is 5.41 Å². The van der Waals surface area contributed by atoms with Crippen molar-refractivity contribution in [3.05, 3.63) is 0 Å². The van der Waals surface area contributed by atoms with Crippen molar-refractivity contribution in [2.45, 2.75) is 104 Å². The third kappa shape index (κ3) is 10.8. The Balaban J connectivity index is 3.42. The van der Waals surface area contributed by atoms with E-state index < -0.39 is 17.5 Å². The highest BCUT2D eigenvalue weighted by molar-refractivity contribution is 5.72. The van der Waals surface area contributed by atoms with E-state index in [1.165, 1.54) is 57.8 Å². The van der Waals surface area contributed by atoms with Gasteiger partial charge in [-0.3, -0.25) is 0 Å². The number of aliphatic hydroxyl groups is 1. The van der Waals surface area contributed by atoms with Crippen molar-refractivity contribution in [3.63, 3.8) is 0 Å². The molecule has 0 aromatic rings. The highest BCUT2D eigenvalue weighted by Gasteiger charge is 2.32.